The van der Waals surface area contributed by atoms with Gasteiger partial charge in [-0.15, -0.1) is 0 Å². The van der Waals surface area contributed by atoms with Crippen molar-refractivity contribution in [2.24, 2.45) is 5.92 Å². The fraction of sp³-hybridized carbons (Fsp3) is 1.00. The van der Waals surface area contributed by atoms with Gasteiger partial charge in [-0.25, -0.2) is 0 Å². The normalized spacial score (nSPS) is 22.2. The molecule has 2 nitrogen and oxygen atoms in total. The van der Waals surface area contributed by atoms with Crippen molar-refractivity contribution < 1.29 is 4.74 Å². The van der Waals surface area contributed by atoms with Crippen LogP contribution in [0.2, 0.25) is 0 Å². The molecule has 1 saturated heterocycles. The second kappa shape index (κ2) is 8.93. The maximum atomic E-state index is 5.62. The predicted octanol–water partition coefficient (Wildman–Crippen LogP) is 3.75. The van der Waals surface area contributed by atoms with Crippen molar-refractivity contribution in [3.63, 3.8) is 0 Å². The molecule has 1 N–H and O–H groups in total. The van der Waals surface area contributed by atoms with Gasteiger partial charge in [0.2, 0.25) is 0 Å². The monoisotopic (exact) mass is 241 g/mol. The van der Waals surface area contributed by atoms with E-state index in [-0.39, 0.29) is 0 Å². The van der Waals surface area contributed by atoms with Crippen LogP contribution in [0.15, 0.2) is 0 Å². The summed E-state index contributed by atoms with van der Waals surface area (Å²) in [7, 11) is 0. The van der Waals surface area contributed by atoms with Gasteiger partial charge in [-0.2, -0.15) is 0 Å². The SMILES string of the molecule is CC(C)CCCC(C)NCCCC1CCCO1. The van der Waals surface area contributed by atoms with Crippen molar-refractivity contribution >= 4 is 0 Å². The fourth-order valence-electron chi connectivity index (χ4n) is 2.48. The molecule has 1 heterocycles. The van der Waals surface area contributed by atoms with E-state index in [2.05, 4.69) is 26.1 Å². The van der Waals surface area contributed by atoms with Crippen LogP contribution in [0.25, 0.3) is 0 Å². The Hall–Kier alpha value is -0.0800. The van der Waals surface area contributed by atoms with Gasteiger partial charge in [-0.05, 0) is 51.5 Å². The molecular weight excluding hydrogens is 210 g/mol. The summed E-state index contributed by atoms with van der Waals surface area (Å²) in [6.45, 7) is 9.07. The second-order valence-electron chi connectivity index (χ2n) is 5.96. The van der Waals surface area contributed by atoms with Gasteiger partial charge in [-0.3, -0.25) is 0 Å². The molecule has 1 rings (SSSR count). The van der Waals surface area contributed by atoms with Crippen LogP contribution in [0.5, 0.6) is 0 Å². The van der Waals surface area contributed by atoms with Crippen molar-refractivity contribution in [1.82, 2.24) is 5.32 Å². The van der Waals surface area contributed by atoms with Gasteiger partial charge >= 0.3 is 0 Å². The second-order valence-corrected chi connectivity index (χ2v) is 5.96. The lowest BCUT2D eigenvalue weighted by atomic mass is 10.0. The lowest BCUT2D eigenvalue weighted by Crippen LogP contribution is -2.27. The van der Waals surface area contributed by atoms with E-state index in [0.29, 0.717) is 12.1 Å². The largest absolute Gasteiger partial charge is 0.378 e. The summed E-state index contributed by atoms with van der Waals surface area (Å²) in [5, 5.41) is 3.62. The van der Waals surface area contributed by atoms with Crippen molar-refractivity contribution in [2.75, 3.05) is 13.2 Å². The van der Waals surface area contributed by atoms with E-state index < -0.39 is 0 Å². The summed E-state index contributed by atoms with van der Waals surface area (Å²) >= 11 is 0. The lowest BCUT2D eigenvalue weighted by Gasteiger charge is -2.15. The minimum absolute atomic E-state index is 0.563. The molecule has 0 aromatic rings. The molecule has 2 atom stereocenters. The van der Waals surface area contributed by atoms with Crippen LogP contribution in [-0.4, -0.2) is 25.3 Å². The van der Waals surface area contributed by atoms with Gasteiger partial charge in [0, 0.05) is 12.6 Å². The molecule has 0 aliphatic carbocycles. The average molecular weight is 241 g/mol. The Morgan fingerprint density at radius 3 is 2.65 bits per heavy atom. The van der Waals surface area contributed by atoms with Crippen LogP contribution in [0.3, 0.4) is 0 Å². The standard InChI is InChI=1S/C15H31NO/c1-13(2)7-4-8-14(3)16-11-5-9-15-10-6-12-17-15/h13-16H,4-12H2,1-3H3. The molecule has 0 amide bonds. The van der Waals surface area contributed by atoms with Gasteiger partial charge in [0.1, 0.15) is 0 Å². The van der Waals surface area contributed by atoms with E-state index >= 15 is 0 Å². The van der Waals surface area contributed by atoms with Gasteiger partial charge in [0.25, 0.3) is 0 Å². The third-order valence-electron chi connectivity index (χ3n) is 3.64. The predicted molar refractivity (Wildman–Crippen MR) is 74.4 cm³/mol. The van der Waals surface area contributed by atoms with Gasteiger partial charge in [0.15, 0.2) is 0 Å². The van der Waals surface area contributed by atoms with E-state index in [1.807, 2.05) is 0 Å². The van der Waals surface area contributed by atoms with Crippen molar-refractivity contribution in [2.45, 2.75) is 77.9 Å². The Morgan fingerprint density at radius 2 is 2.00 bits per heavy atom. The zero-order valence-corrected chi connectivity index (χ0v) is 12.0. The highest BCUT2D eigenvalue weighted by molar-refractivity contribution is 4.67. The number of ether oxygens (including phenoxy) is 1. The average Bonchev–Trinajstić information content (AvgIpc) is 2.76. The molecule has 0 spiro atoms. The molecular formula is C15H31NO. The van der Waals surface area contributed by atoms with Crippen LogP contribution < -0.4 is 5.32 Å². The van der Waals surface area contributed by atoms with Gasteiger partial charge in [0.05, 0.1) is 6.10 Å². The first-order valence-electron chi connectivity index (χ1n) is 7.53. The van der Waals surface area contributed by atoms with E-state index in [9.17, 15) is 0 Å². The summed E-state index contributed by atoms with van der Waals surface area (Å²) in [6.07, 6.45) is 9.66. The van der Waals surface area contributed by atoms with Crippen LogP contribution in [-0.2, 0) is 4.74 Å². The molecule has 0 aromatic carbocycles. The summed E-state index contributed by atoms with van der Waals surface area (Å²) in [4.78, 5) is 0. The van der Waals surface area contributed by atoms with Crippen LogP contribution in [0.4, 0.5) is 0 Å². The van der Waals surface area contributed by atoms with Crippen molar-refractivity contribution in [1.29, 1.82) is 0 Å². The third-order valence-corrected chi connectivity index (χ3v) is 3.64. The molecule has 0 saturated carbocycles. The maximum absolute atomic E-state index is 5.62. The topological polar surface area (TPSA) is 21.3 Å². The minimum Gasteiger partial charge on any atom is -0.378 e. The van der Waals surface area contributed by atoms with Gasteiger partial charge in [-0.1, -0.05) is 26.7 Å². The van der Waals surface area contributed by atoms with Crippen LogP contribution in [0, 0.1) is 5.92 Å². The van der Waals surface area contributed by atoms with E-state index in [1.54, 1.807) is 0 Å². The Kier molecular flexibility index (Phi) is 7.87. The van der Waals surface area contributed by atoms with Crippen LogP contribution >= 0.6 is 0 Å². The summed E-state index contributed by atoms with van der Waals surface area (Å²) < 4.78 is 5.62. The minimum atomic E-state index is 0.563. The number of nitrogens with one attached hydrogen (secondary N) is 1. The first-order chi connectivity index (χ1) is 8.18. The molecule has 0 aromatic heterocycles. The molecule has 1 aliphatic rings. The van der Waals surface area contributed by atoms with Crippen LogP contribution in [0.1, 0.15) is 65.7 Å². The summed E-state index contributed by atoms with van der Waals surface area (Å²) in [6, 6.07) is 0.679. The Balaban J connectivity index is 1.87. The zero-order valence-electron chi connectivity index (χ0n) is 12.0. The van der Waals surface area contributed by atoms with Crippen molar-refractivity contribution in [3.8, 4) is 0 Å². The molecule has 1 aliphatic heterocycles. The van der Waals surface area contributed by atoms with E-state index in [4.69, 9.17) is 4.74 Å². The highest BCUT2D eigenvalue weighted by Gasteiger charge is 2.14. The number of rotatable bonds is 9. The smallest absolute Gasteiger partial charge is 0.0576 e. The first kappa shape index (κ1) is 15.0. The maximum Gasteiger partial charge on any atom is 0.0576 e. The molecule has 0 bridgehead atoms. The number of hydrogen-bond acceptors (Lipinski definition) is 2. The molecule has 2 unspecified atom stereocenters. The molecule has 1 fully saturated rings. The van der Waals surface area contributed by atoms with Gasteiger partial charge < -0.3 is 10.1 Å². The fourth-order valence-corrected chi connectivity index (χ4v) is 2.48. The quantitative estimate of drug-likeness (QED) is 0.621. The highest BCUT2D eigenvalue weighted by Crippen LogP contribution is 2.16. The number of hydrogen-bond donors (Lipinski definition) is 1. The molecule has 17 heavy (non-hydrogen) atoms. The lowest BCUT2D eigenvalue weighted by molar-refractivity contribution is 0.102. The summed E-state index contributed by atoms with van der Waals surface area (Å²) in [5.41, 5.74) is 0. The Bertz CT molecular complexity index is 176. The Labute approximate surface area is 108 Å². The molecule has 102 valence electrons. The summed E-state index contributed by atoms with van der Waals surface area (Å²) in [5.74, 6) is 0.849. The van der Waals surface area contributed by atoms with E-state index in [1.165, 1.54) is 44.9 Å². The zero-order chi connectivity index (χ0) is 12.5. The van der Waals surface area contributed by atoms with Crippen molar-refractivity contribution in [3.05, 3.63) is 0 Å². The highest BCUT2D eigenvalue weighted by atomic mass is 16.5. The first-order valence-corrected chi connectivity index (χ1v) is 7.53. The molecule has 2 heteroatoms. The third kappa shape index (κ3) is 7.77. The Morgan fingerprint density at radius 1 is 1.18 bits per heavy atom. The van der Waals surface area contributed by atoms with E-state index in [0.717, 1.165) is 19.1 Å². The molecule has 0 radical (unpaired) electrons.